The van der Waals surface area contributed by atoms with Crippen molar-refractivity contribution in [3.63, 3.8) is 0 Å². The summed E-state index contributed by atoms with van der Waals surface area (Å²) in [6.45, 7) is 10.5. The van der Waals surface area contributed by atoms with Gasteiger partial charge >= 0.3 is 5.97 Å². The lowest BCUT2D eigenvalue weighted by Gasteiger charge is -2.24. The normalized spacial score (nSPS) is 13.2. The highest BCUT2D eigenvalue weighted by atomic mass is 16.5. The summed E-state index contributed by atoms with van der Waals surface area (Å²) in [4.78, 5) is 25.7. The second-order valence-electron chi connectivity index (χ2n) is 8.10. The number of ketones is 1. The number of Topliss-reactive ketones (excluding diaryl/α,β-unsaturated/α-hetero) is 1. The number of hydrogen-bond donors (Lipinski definition) is 0. The average Bonchev–Trinajstić information content (AvgIpc) is 2.65. The molecule has 0 aromatic heterocycles. The number of hydrogen-bond acceptors (Lipinski definition) is 3. The number of rotatable bonds is 9. The molecule has 3 heteroatoms. The van der Waals surface area contributed by atoms with E-state index in [-0.39, 0.29) is 30.0 Å². The third-order valence-corrected chi connectivity index (χ3v) is 5.24. The van der Waals surface area contributed by atoms with Crippen LogP contribution in [0.2, 0.25) is 0 Å². The van der Waals surface area contributed by atoms with Crippen molar-refractivity contribution in [2.45, 2.75) is 53.4 Å². The van der Waals surface area contributed by atoms with Gasteiger partial charge in [-0.1, -0.05) is 74.9 Å². The van der Waals surface area contributed by atoms with Crippen LogP contribution in [0.25, 0.3) is 0 Å². The molecular formula is C25H32O3. The van der Waals surface area contributed by atoms with E-state index in [1.807, 2.05) is 69.3 Å². The van der Waals surface area contributed by atoms with E-state index < -0.39 is 0 Å². The van der Waals surface area contributed by atoms with Gasteiger partial charge in [-0.3, -0.25) is 9.59 Å². The van der Waals surface area contributed by atoms with Gasteiger partial charge in [0.05, 0.1) is 13.0 Å². The molecule has 0 radical (unpaired) electrons. The molecule has 3 nitrogen and oxygen atoms in total. The van der Waals surface area contributed by atoms with Gasteiger partial charge in [-0.05, 0) is 37.3 Å². The molecule has 0 bridgehead atoms. The maximum Gasteiger partial charge on any atom is 0.306 e. The SMILES string of the molecule is Cc1ccc(C(=O)C(C)C(CC(=O)OCCC(C)C)c2ccccc2)c(C)c1. The summed E-state index contributed by atoms with van der Waals surface area (Å²) in [5.74, 6) is -0.207. The molecule has 0 amide bonds. The Bertz CT molecular complexity index is 793. The van der Waals surface area contributed by atoms with Crippen LogP contribution in [-0.2, 0) is 9.53 Å². The first-order valence-corrected chi connectivity index (χ1v) is 10.1. The highest BCUT2D eigenvalue weighted by Crippen LogP contribution is 2.32. The standard InChI is InChI=1S/C25H32O3/c1-17(2)13-14-28-24(26)16-23(21-9-7-6-8-10-21)20(5)25(27)22-12-11-18(3)15-19(22)4/h6-12,15,17,20,23H,13-14,16H2,1-5H3. The number of aryl methyl sites for hydroxylation is 2. The van der Waals surface area contributed by atoms with Crippen molar-refractivity contribution >= 4 is 11.8 Å². The zero-order valence-corrected chi connectivity index (χ0v) is 17.7. The summed E-state index contributed by atoms with van der Waals surface area (Å²) < 4.78 is 5.43. The Morgan fingerprint density at radius 3 is 2.25 bits per heavy atom. The molecule has 2 atom stereocenters. The largest absolute Gasteiger partial charge is 0.466 e. The van der Waals surface area contributed by atoms with Gasteiger partial charge in [0.25, 0.3) is 0 Å². The lowest BCUT2D eigenvalue weighted by atomic mass is 9.79. The highest BCUT2D eigenvalue weighted by molar-refractivity contribution is 5.99. The van der Waals surface area contributed by atoms with E-state index >= 15 is 0 Å². The maximum absolute atomic E-state index is 13.2. The molecule has 0 spiro atoms. The molecule has 0 saturated carbocycles. The van der Waals surface area contributed by atoms with Crippen molar-refractivity contribution in [2.24, 2.45) is 11.8 Å². The number of carbonyl (C=O) groups is 2. The fourth-order valence-electron chi connectivity index (χ4n) is 3.45. The van der Waals surface area contributed by atoms with Crippen LogP contribution in [0.5, 0.6) is 0 Å². The van der Waals surface area contributed by atoms with E-state index in [4.69, 9.17) is 4.74 Å². The first-order valence-electron chi connectivity index (χ1n) is 10.1. The summed E-state index contributed by atoms with van der Waals surface area (Å²) in [5, 5.41) is 0. The topological polar surface area (TPSA) is 43.4 Å². The molecular weight excluding hydrogens is 348 g/mol. The Labute approximate surface area is 169 Å². The summed E-state index contributed by atoms with van der Waals surface area (Å²) in [6.07, 6.45) is 1.05. The Kier molecular flexibility index (Phi) is 7.98. The van der Waals surface area contributed by atoms with Crippen LogP contribution in [0.15, 0.2) is 48.5 Å². The summed E-state index contributed by atoms with van der Waals surface area (Å²) >= 11 is 0. The van der Waals surface area contributed by atoms with Crippen molar-refractivity contribution in [3.8, 4) is 0 Å². The van der Waals surface area contributed by atoms with Crippen molar-refractivity contribution in [3.05, 3.63) is 70.8 Å². The summed E-state index contributed by atoms with van der Waals surface area (Å²) in [5.41, 5.74) is 3.83. The molecule has 0 fully saturated rings. The number of ether oxygens (including phenoxy) is 1. The Balaban J connectivity index is 2.21. The first kappa shape index (κ1) is 21.9. The van der Waals surface area contributed by atoms with Crippen LogP contribution >= 0.6 is 0 Å². The number of benzene rings is 2. The van der Waals surface area contributed by atoms with Crippen molar-refractivity contribution in [1.82, 2.24) is 0 Å². The van der Waals surface area contributed by atoms with Gasteiger partial charge < -0.3 is 4.74 Å². The van der Waals surface area contributed by atoms with E-state index in [9.17, 15) is 9.59 Å². The van der Waals surface area contributed by atoms with E-state index in [1.165, 1.54) is 0 Å². The summed E-state index contributed by atoms with van der Waals surface area (Å²) in [7, 11) is 0. The molecule has 0 aliphatic heterocycles. The molecule has 2 rings (SSSR count). The number of esters is 1. The lowest BCUT2D eigenvalue weighted by Crippen LogP contribution is -2.24. The third kappa shape index (κ3) is 6.05. The zero-order valence-electron chi connectivity index (χ0n) is 17.7. The van der Waals surface area contributed by atoms with E-state index in [0.29, 0.717) is 12.5 Å². The monoisotopic (exact) mass is 380 g/mol. The fraction of sp³-hybridized carbons (Fsp3) is 0.440. The molecule has 0 heterocycles. The molecule has 0 aliphatic rings. The predicted molar refractivity (Wildman–Crippen MR) is 114 cm³/mol. The van der Waals surface area contributed by atoms with Crippen LogP contribution < -0.4 is 0 Å². The number of carbonyl (C=O) groups excluding carboxylic acids is 2. The highest BCUT2D eigenvalue weighted by Gasteiger charge is 2.29. The van der Waals surface area contributed by atoms with Crippen molar-refractivity contribution in [1.29, 1.82) is 0 Å². The van der Waals surface area contributed by atoms with Crippen molar-refractivity contribution < 1.29 is 14.3 Å². The van der Waals surface area contributed by atoms with Crippen LogP contribution in [-0.4, -0.2) is 18.4 Å². The van der Waals surface area contributed by atoms with Gasteiger partial charge in [-0.25, -0.2) is 0 Å². The van der Waals surface area contributed by atoms with Gasteiger partial charge in [0.2, 0.25) is 0 Å². The molecule has 0 N–H and O–H groups in total. The van der Waals surface area contributed by atoms with Crippen molar-refractivity contribution in [2.75, 3.05) is 6.61 Å². The van der Waals surface area contributed by atoms with Crippen LogP contribution in [0, 0.1) is 25.7 Å². The zero-order chi connectivity index (χ0) is 20.7. The minimum absolute atomic E-state index is 0.0707. The molecule has 28 heavy (non-hydrogen) atoms. The smallest absolute Gasteiger partial charge is 0.306 e. The Morgan fingerprint density at radius 2 is 1.64 bits per heavy atom. The summed E-state index contributed by atoms with van der Waals surface area (Å²) in [6, 6.07) is 15.7. The van der Waals surface area contributed by atoms with Gasteiger partial charge in [0, 0.05) is 17.4 Å². The molecule has 0 aliphatic carbocycles. The Hall–Kier alpha value is -2.42. The van der Waals surface area contributed by atoms with Crippen LogP contribution in [0.1, 0.15) is 66.6 Å². The molecule has 0 saturated heterocycles. The Morgan fingerprint density at radius 1 is 0.964 bits per heavy atom. The van der Waals surface area contributed by atoms with Gasteiger partial charge in [-0.2, -0.15) is 0 Å². The lowest BCUT2D eigenvalue weighted by molar-refractivity contribution is -0.144. The second kappa shape index (κ2) is 10.2. The molecule has 150 valence electrons. The fourth-order valence-corrected chi connectivity index (χ4v) is 3.45. The second-order valence-corrected chi connectivity index (χ2v) is 8.10. The first-order chi connectivity index (χ1) is 13.3. The van der Waals surface area contributed by atoms with Crippen LogP contribution in [0.4, 0.5) is 0 Å². The minimum Gasteiger partial charge on any atom is -0.466 e. The molecule has 2 aromatic carbocycles. The molecule has 2 aromatic rings. The molecule has 2 unspecified atom stereocenters. The van der Waals surface area contributed by atoms with Gasteiger partial charge in [0.1, 0.15) is 0 Å². The van der Waals surface area contributed by atoms with E-state index in [1.54, 1.807) is 0 Å². The average molecular weight is 381 g/mol. The van der Waals surface area contributed by atoms with Gasteiger partial charge in [-0.15, -0.1) is 0 Å². The van der Waals surface area contributed by atoms with Gasteiger partial charge in [0.15, 0.2) is 5.78 Å². The predicted octanol–water partition coefficient (Wildman–Crippen LogP) is 5.89. The third-order valence-electron chi connectivity index (χ3n) is 5.24. The maximum atomic E-state index is 13.2. The minimum atomic E-state index is -0.318. The van der Waals surface area contributed by atoms with Crippen LogP contribution in [0.3, 0.4) is 0 Å². The quantitative estimate of drug-likeness (QED) is 0.403. The van der Waals surface area contributed by atoms with E-state index in [0.717, 1.165) is 28.7 Å². The van der Waals surface area contributed by atoms with E-state index in [2.05, 4.69) is 13.8 Å².